The predicted octanol–water partition coefficient (Wildman–Crippen LogP) is 2.23. The van der Waals surface area contributed by atoms with Crippen molar-refractivity contribution in [3.05, 3.63) is 24.3 Å². The Morgan fingerprint density at radius 1 is 1.40 bits per heavy atom. The molecule has 20 heavy (non-hydrogen) atoms. The molecule has 0 spiro atoms. The van der Waals surface area contributed by atoms with Gasteiger partial charge in [-0.1, -0.05) is 12.1 Å². The minimum atomic E-state index is -4.40. The molecule has 1 aliphatic rings. The number of halogens is 3. The van der Waals surface area contributed by atoms with E-state index in [0.29, 0.717) is 13.2 Å². The molecular weight excluding hydrogens is 293 g/mol. The standard InChI is InChI=1S/C12H13F3N2O2S/c13-12(14,15)20-10-4-2-1-3-8(10)17-11(18)9-7-19-6-5-16-9/h1-4,9,16H,5-7H2,(H,17,18). The molecule has 0 radical (unpaired) electrons. The molecule has 1 heterocycles. The van der Waals surface area contributed by atoms with Crippen molar-refractivity contribution in [3.63, 3.8) is 0 Å². The molecule has 2 rings (SSSR count). The van der Waals surface area contributed by atoms with Crippen molar-refractivity contribution in [2.45, 2.75) is 16.4 Å². The molecule has 1 unspecified atom stereocenters. The lowest BCUT2D eigenvalue weighted by molar-refractivity contribution is -0.120. The van der Waals surface area contributed by atoms with Gasteiger partial charge in [-0.05, 0) is 23.9 Å². The number of carbonyl (C=O) groups excluding carboxylic acids is 1. The molecule has 1 amide bonds. The van der Waals surface area contributed by atoms with Crippen LogP contribution in [0, 0.1) is 0 Å². The van der Waals surface area contributed by atoms with Crippen LogP contribution in [0.3, 0.4) is 0 Å². The summed E-state index contributed by atoms with van der Waals surface area (Å²) in [5, 5.41) is 5.44. The molecule has 110 valence electrons. The van der Waals surface area contributed by atoms with E-state index in [2.05, 4.69) is 10.6 Å². The van der Waals surface area contributed by atoms with Crippen LogP contribution in [0.5, 0.6) is 0 Å². The van der Waals surface area contributed by atoms with Crippen molar-refractivity contribution in [2.75, 3.05) is 25.1 Å². The Morgan fingerprint density at radius 2 is 2.15 bits per heavy atom. The average Bonchev–Trinajstić information content (AvgIpc) is 2.40. The summed E-state index contributed by atoms with van der Waals surface area (Å²) in [6.07, 6.45) is 0. The molecule has 1 aliphatic heterocycles. The summed E-state index contributed by atoms with van der Waals surface area (Å²) in [4.78, 5) is 11.9. The highest BCUT2D eigenvalue weighted by Crippen LogP contribution is 2.40. The Labute approximate surface area is 118 Å². The second kappa shape index (κ2) is 6.47. The van der Waals surface area contributed by atoms with E-state index in [9.17, 15) is 18.0 Å². The molecule has 0 aromatic heterocycles. The van der Waals surface area contributed by atoms with Gasteiger partial charge in [0.15, 0.2) is 0 Å². The van der Waals surface area contributed by atoms with Crippen molar-refractivity contribution in [3.8, 4) is 0 Å². The first-order chi connectivity index (χ1) is 9.46. The molecule has 0 aliphatic carbocycles. The van der Waals surface area contributed by atoms with Gasteiger partial charge in [0.1, 0.15) is 6.04 Å². The number of thioether (sulfide) groups is 1. The van der Waals surface area contributed by atoms with Crippen molar-refractivity contribution in [1.29, 1.82) is 0 Å². The number of ether oxygens (including phenoxy) is 1. The van der Waals surface area contributed by atoms with Gasteiger partial charge in [0.05, 0.1) is 18.9 Å². The average molecular weight is 306 g/mol. The van der Waals surface area contributed by atoms with Crippen molar-refractivity contribution >= 4 is 23.4 Å². The fourth-order valence-corrected chi connectivity index (χ4v) is 2.36. The zero-order chi connectivity index (χ0) is 14.6. The van der Waals surface area contributed by atoms with Gasteiger partial charge in [0.25, 0.3) is 0 Å². The van der Waals surface area contributed by atoms with E-state index in [4.69, 9.17) is 4.74 Å². The number of anilines is 1. The lowest BCUT2D eigenvalue weighted by atomic mass is 10.2. The number of alkyl halides is 3. The summed E-state index contributed by atoms with van der Waals surface area (Å²) in [6.45, 7) is 1.27. The van der Waals surface area contributed by atoms with E-state index < -0.39 is 17.5 Å². The van der Waals surface area contributed by atoms with Crippen LogP contribution in [0.4, 0.5) is 18.9 Å². The van der Waals surface area contributed by atoms with Crippen LogP contribution in [0.25, 0.3) is 0 Å². The van der Waals surface area contributed by atoms with Gasteiger partial charge in [0.2, 0.25) is 5.91 Å². The van der Waals surface area contributed by atoms with E-state index >= 15 is 0 Å². The van der Waals surface area contributed by atoms with Crippen LogP contribution in [-0.4, -0.2) is 37.2 Å². The van der Waals surface area contributed by atoms with Gasteiger partial charge < -0.3 is 15.4 Å². The van der Waals surface area contributed by atoms with Gasteiger partial charge in [-0.25, -0.2) is 0 Å². The van der Waals surface area contributed by atoms with Crippen LogP contribution in [0.1, 0.15) is 0 Å². The summed E-state index contributed by atoms with van der Waals surface area (Å²) in [5.74, 6) is -0.403. The van der Waals surface area contributed by atoms with E-state index in [1.807, 2.05) is 0 Å². The van der Waals surface area contributed by atoms with Crippen molar-refractivity contribution in [2.24, 2.45) is 0 Å². The first kappa shape index (κ1) is 15.1. The lowest BCUT2D eigenvalue weighted by Crippen LogP contribution is -2.48. The molecule has 1 saturated heterocycles. The summed E-state index contributed by atoms with van der Waals surface area (Å²) in [6, 6.07) is 5.27. The van der Waals surface area contributed by atoms with Crippen LogP contribution < -0.4 is 10.6 Å². The Kier molecular flexibility index (Phi) is 4.90. The van der Waals surface area contributed by atoms with Crippen LogP contribution >= 0.6 is 11.8 Å². The molecule has 1 aromatic carbocycles. The minimum Gasteiger partial charge on any atom is -0.378 e. The number of hydrogen-bond donors (Lipinski definition) is 2. The maximum absolute atomic E-state index is 12.4. The second-order valence-electron chi connectivity index (χ2n) is 4.11. The van der Waals surface area contributed by atoms with Gasteiger partial charge >= 0.3 is 5.51 Å². The maximum Gasteiger partial charge on any atom is 0.446 e. The molecular formula is C12H13F3N2O2S. The highest BCUT2D eigenvalue weighted by atomic mass is 32.2. The van der Waals surface area contributed by atoms with E-state index in [-0.39, 0.29) is 29.0 Å². The molecule has 1 atom stereocenters. The molecule has 2 N–H and O–H groups in total. The Bertz CT molecular complexity index is 476. The largest absolute Gasteiger partial charge is 0.446 e. The SMILES string of the molecule is O=C(Nc1ccccc1SC(F)(F)F)C1COCCN1. The van der Waals surface area contributed by atoms with E-state index in [1.54, 1.807) is 6.07 Å². The van der Waals surface area contributed by atoms with Crippen LogP contribution in [-0.2, 0) is 9.53 Å². The third-order valence-electron chi connectivity index (χ3n) is 2.61. The molecule has 0 bridgehead atoms. The maximum atomic E-state index is 12.4. The van der Waals surface area contributed by atoms with Gasteiger partial charge in [-0.2, -0.15) is 13.2 Å². The lowest BCUT2D eigenvalue weighted by Gasteiger charge is -2.23. The summed E-state index contributed by atoms with van der Waals surface area (Å²) in [5.41, 5.74) is -4.25. The number of morpholine rings is 1. The number of nitrogens with one attached hydrogen (secondary N) is 2. The van der Waals surface area contributed by atoms with Gasteiger partial charge in [0, 0.05) is 11.4 Å². The Morgan fingerprint density at radius 3 is 2.80 bits per heavy atom. The van der Waals surface area contributed by atoms with Gasteiger partial charge in [-0.3, -0.25) is 4.79 Å². The fourth-order valence-electron chi connectivity index (χ4n) is 1.74. The van der Waals surface area contributed by atoms with E-state index in [0.717, 1.165) is 0 Å². The highest BCUT2D eigenvalue weighted by Gasteiger charge is 2.31. The zero-order valence-electron chi connectivity index (χ0n) is 10.4. The fraction of sp³-hybridized carbons (Fsp3) is 0.417. The Balaban J connectivity index is 2.06. The molecule has 0 saturated carbocycles. The predicted molar refractivity (Wildman–Crippen MR) is 69.6 cm³/mol. The third kappa shape index (κ3) is 4.39. The first-order valence-corrected chi connectivity index (χ1v) is 6.74. The number of para-hydroxylation sites is 1. The van der Waals surface area contributed by atoms with Crippen LogP contribution in [0.15, 0.2) is 29.2 Å². The smallest absolute Gasteiger partial charge is 0.378 e. The number of amides is 1. The number of benzene rings is 1. The molecule has 1 aromatic rings. The second-order valence-corrected chi connectivity index (χ2v) is 5.22. The first-order valence-electron chi connectivity index (χ1n) is 5.92. The molecule has 1 fully saturated rings. The van der Waals surface area contributed by atoms with Crippen molar-refractivity contribution in [1.82, 2.24) is 5.32 Å². The van der Waals surface area contributed by atoms with Crippen LogP contribution in [0.2, 0.25) is 0 Å². The summed E-state index contributed by atoms with van der Waals surface area (Å²) < 4.78 is 42.4. The number of rotatable bonds is 3. The quantitative estimate of drug-likeness (QED) is 0.841. The topological polar surface area (TPSA) is 50.4 Å². The molecule has 8 heteroatoms. The Hall–Kier alpha value is -1.25. The summed E-state index contributed by atoms with van der Waals surface area (Å²) in [7, 11) is 0. The highest BCUT2D eigenvalue weighted by molar-refractivity contribution is 8.00. The van der Waals surface area contributed by atoms with Gasteiger partial charge in [-0.15, -0.1) is 0 Å². The van der Waals surface area contributed by atoms with E-state index in [1.165, 1.54) is 18.2 Å². The minimum absolute atomic E-state index is 0.0370. The molecule has 4 nitrogen and oxygen atoms in total. The third-order valence-corrected chi connectivity index (χ3v) is 3.42. The monoisotopic (exact) mass is 306 g/mol. The normalized spacial score (nSPS) is 19.6. The van der Waals surface area contributed by atoms with Crippen molar-refractivity contribution < 1.29 is 22.7 Å². The zero-order valence-corrected chi connectivity index (χ0v) is 11.2. The number of carbonyl (C=O) groups is 1. The number of hydrogen-bond acceptors (Lipinski definition) is 4. The summed E-state index contributed by atoms with van der Waals surface area (Å²) >= 11 is -0.250.